The first-order valence-corrected chi connectivity index (χ1v) is 9.67. The monoisotopic (exact) mass is 513 g/mol. The number of amides is 2. The van der Waals surface area contributed by atoms with Crippen LogP contribution < -0.4 is 10.6 Å². The molecule has 8 nitrogen and oxygen atoms in total. The molecule has 0 saturated heterocycles. The molecule has 1 aromatic carbocycles. The molecule has 0 bridgehead atoms. The van der Waals surface area contributed by atoms with Gasteiger partial charge in [-0.25, -0.2) is 14.8 Å². The van der Waals surface area contributed by atoms with Crippen LogP contribution in [0.4, 0.5) is 23.7 Å². The molecule has 2 amide bonds. The summed E-state index contributed by atoms with van der Waals surface area (Å²) in [6.07, 6.45) is -2.05. The number of rotatable bonds is 4. The maximum atomic E-state index is 13.1. The minimum Gasteiger partial charge on any atom is -0.328 e. The van der Waals surface area contributed by atoms with Crippen LogP contribution in [0.25, 0.3) is 5.82 Å². The molecule has 3 rings (SSSR count). The fraction of sp³-hybridized carbons (Fsp3) is 0.167. The fourth-order valence-corrected chi connectivity index (χ4v) is 3.43. The number of pyridine rings is 1. The highest BCUT2D eigenvalue weighted by Gasteiger charge is 2.34. The van der Waals surface area contributed by atoms with E-state index < -0.39 is 28.8 Å². The summed E-state index contributed by atoms with van der Waals surface area (Å²) in [4.78, 5) is 20.6. The maximum absolute atomic E-state index is 13.1. The molecule has 0 aliphatic heterocycles. The molecule has 0 spiro atoms. The molecule has 0 aliphatic rings. The average Bonchev–Trinajstić information content (AvgIpc) is 3.19. The van der Waals surface area contributed by atoms with Crippen LogP contribution in [0.15, 0.2) is 41.3 Å². The van der Waals surface area contributed by atoms with E-state index >= 15 is 0 Å². The van der Waals surface area contributed by atoms with Crippen LogP contribution in [0.5, 0.6) is 0 Å². The van der Waals surface area contributed by atoms with Crippen molar-refractivity contribution in [3.05, 3.63) is 63.2 Å². The highest BCUT2D eigenvalue weighted by molar-refractivity contribution is 9.10. The van der Waals surface area contributed by atoms with Gasteiger partial charge in [-0.1, -0.05) is 11.6 Å². The lowest BCUT2D eigenvalue weighted by Crippen LogP contribution is -2.33. The number of alkyl halides is 3. The Kier molecular flexibility index (Phi) is 6.47. The zero-order chi connectivity index (χ0) is 22.8. The summed E-state index contributed by atoms with van der Waals surface area (Å²) in [5.74, 6) is 0.689. The minimum atomic E-state index is -4.68. The second-order valence-electron chi connectivity index (χ2n) is 6.18. The maximum Gasteiger partial charge on any atom is 0.417 e. The van der Waals surface area contributed by atoms with Gasteiger partial charge >= 0.3 is 12.2 Å². The first kappa shape index (κ1) is 22.5. The second-order valence-corrected chi connectivity index (χ2v) is 7.44. The fourth-order valence-electron chi connectivity index (χ4n) is 2.58. The second kappa shape index (κ2) is 8.91. The van der Waals surface area contributed by atoms with Gasteiger partial charge in [-0.15, -0.1) is 0 Å². The van der Waals surface area contributed by atoms with Crippen molar-refractivity contribution >= 4 is 39.2 Å². The molecule has 0 radical (unpaired) electrons. The number of aromatic nitrogens is 4. The lowest BCUT2D eigenvalue weighted by molar-refractivity contribution is -0.137. The summed E-state index contributed by atoms with van der Waals surface area (Å²) in [6.45, 7) is 1.61. The molecule has 1 atom stereocenters. The van der Waals surface area contributed by atoms with Crippen LogP contribution in [-0.4, -0.2) is 25.8 Å². The van der Waals surface area contributed by atoms with Gasteiger partial charge in [0.2, 0.25) is 0 Å². The highest BCUT2D eigenvalue weighted by atomic mass is 79.9. The number of anilines is 1. The Bertz CT molecular complexity index is 1160. The molecule has 31 heavy (non-hydrogen) atoms. The number of urea groups is 1. The number of benzene rings is 1. The van der Waals surface area contributed by atoms with Crippen LogP contribution >= 0.6 is 27.5 Å². The summed E-state index contributed by atoms with van der Waals surface area (Å²) in [5, 5.41) is 17.4. The van der Waals surface area contributed by atoms with E-state index in [-0.39, 0.29) is 10.2 Å². The van der Waals surface area contributed by atoms with Gasteiger partial charge in [0, 0.05) is 10.7 Å². The van der Waals surface area contributed by atoms with Gasteiger partial charge in [0.05, 0.1) is 27.9 Å². The molecular weight excluding hydrogens is 503 g/mol. The van der Waals surface area contributed by atoms with E-state index in [2.05, 4.69) is 41.6 Å². The minimum absolute atomic E-state index is 0.114. The molecule has 0 aliphatic carbocycles. The first-order chi connectivity index (χ1) is 14.6. The van der Waals surface area contributed by atoms with E-state index in [0.717, 1.165) is 12.1 Å². The summed E-state index contributed by atoms with van der Waals surface area (Å²) in [7, 11) is 0. The van der Waals surface area contributed by atoms with E-state index in [1.807, 2.05) is 6.07 Å². The van der Waals surface area contributed by atoms with Gasteiger partial charge < -0.3 is 10.6 Å². The van der Waals surface area contributed by atoms with Gasteiger partial charge in [-0.05, 0) is 47.1 Å². The Morgan fingerprint density at radius 2 is 2.06 bits per heavy atom. The SMILES string of the molecule is CC(NC(=O)Nc1cc(C(F)(F)F)c(Cl)cc1Br)c1ncnn1-c1ccc(C#N)cn1. The van der Waals surface area contributed by atoms with Crippen LogP contribution in [0.1, 0.15) is 29.9 Å². The van der Waals surface area contributed by atoms with Crippen molar-refractivity contribution in [3.8, 4) is 11.9 Å². The molecule has 2 aromatic heterocycles. The van der Waals surface area contributed by atoms with Gasteiger partial charge in [0.25, 0.3) is 0 Å². The van der Waals surface area contributed by atoms with E-state index in [1.54, 1.807) is 19.1 Å². The normalized spacial score (nSPS) is 12.2. The number of halogens is 5. The summed E-state index contributed by atoms with van der Waals surface area (Å²) < 4.78 is 40.8. The molecule has 13 heteroatoms. The number of hydrogen-bond donors (Lipinski definition) is 2. The summed E-state index contributed by atoms with van der Waals surface area (Å²) in [5.41, 5.74) is -0.827. The van der Waals surface area contributed by atoms with Crippen molar-refractivity contribution in [2.24, 2.45) is 0 Å². The molecule has 3 aromatic rings. The topological polar surface area (TPSA) is 109 Å². The van der Waals surface area contributed by atoms with E-state index in [1.165, 1.54) is 17.2 Å². The van der Waals surface area contributed by atoms with Crippen LogP contribution in [0.2, 0.25) is 5.02 Å². The highest BCUT2D eigenvalue weighted by Crippen LogP contribution is 2.39. The van der Waals surface area contributed by atoms with E-state index in [0.29, 0.717) is 17.2 Å². The van der Waals surface area contributed by atoms with Crippen molar-refractivity contribution in [1.82, 2.24) is 25.1 Å². The summed E-state index contributed by atoms with van der Waals surface area (Å²) >= 11 is 8.73. The third-order valence-corrected chi connectivity index (χ3v) is 4.98. The van der Waals surface area contributed by atoms with Crippen molar-refractivity contribution in [1.29, 1.82) is 5.26 Å². The molecule has 2 N–H and O–H groups in total. The van der Waals surface area contributed by atoms with Gasteiger partial charge in [-0.3, -0.25) is 0 Å². The molecule has 2 heterocycles. The number of nitrogens with one attached hydrogen (secondary N) is 2. The first-order valence-electron chi connectivity index (χ1n) is 8.50. The quantitative estimate of drug-likeness (QED) is 0.517. The average molecular weight is 515 g/mol. The van der Waals surface area contributed by atoms with Crippen molar-refractivity contribution < 1.29 is 18.0 Å². The number of carbonyl (C=O) groups is 1. The Hall–Kier alpha value is -3.17. The zero-order valence-corrected chi connectivity index (χ0v) is 17.9. The third-order valence-electron chi connectivity index (χ3n) is 4.01. The van der Waals surface area contributed by atoms with Crippen molar-refractivity contribution in [2.75, 3.05) is 5.32 Å². The Morgan fingerprint density at radius 1 is 1.32 bits per heavy atom. The van der Waals surface area contributed by atoms with E-state index in [9.17, 15) is 18.0 Å². The smallest absolute Gasteiger partial charge is 0.328 e. The van der Waals surface area contributed by atoms with Crippen molar-refractivity contribution in [3.63, 3.8) is 0 Å². The predicted octanol–water partition coefficient (Wildman–Crippen LogP) is 4.85. The zero-order valence-electron chi connectivity index (χ0n) is 15.6. The third kappa shape index (κ3) is 5.12. The van der Waals surface area contributed by atoms with Gasteiger partial charge in [0.1, 0.15) is 12.4 Å². The number of carbonyl (C=O) groups excluding carboxylic acids is 1. The van der Waals surface area contributed by atoms with Crippen LogP contribution in [0, 0.1) is 11.3 Å². The Labute approximate surface area is 187 Å². The molecular formula is C18H12BrClF3N7O. The molecule has 160 valence electrons. The molecule has 0 saturated carbocycles. The lowest BCUT2D eigenvalue weighted by atomic mass is 10.2. The number of nitrogens with zero attached hydrogens (tertiary/aromatic N) is 5. The van der Waals surface area contributed by atoms with Crippen molar-refractivity contribution in [2.45, 2.75) is 19.1 Å². The van der Waals surface area contributed by atoms with Gasteiger partial charge in [0.15, 0.2) is 11.6 Å². The Balaban J connectivity index is 1.77. The lowest BCUT2D eigenvalue weighted by Gasteiger charge is -2.17. The van der Waals surface area contributed by atoms with E-state index in [4.69, 9.17) is 16.9 Å². The predicted molar refractivity (Wildman–Crippen MR) is 109 cm³/mol. The van der Waals surface area contributed by atoms with Crippen LogP contribution in [0.3, 0.4) is 0 Å². The van der Waals surface area contributed by atoms with Gasteiger partial charge in [-0.2, -0.15) is 28.2 Å². The molecule has 0 fully saturated rings. The standard InChI is InChI=1S/C18H12BrClF3N7O/c1-9(16-26-8-27-30(16)15-3-2-10(6-24)7-25-15)28-17(31)29-14-4-11(18(21,22)23)13(20)5-12(14)19/h2-5,7-9H,1H3,(H2,28,29,31). The number of hydrogen-bond acceptors (Lipinski definition) is 5. The summed E-state index contributed by atoms with van der Waals surface area (Å²) in [6, 6.07) is 5.39. The van der Waals surface area contributed by atoms with Crippen LogP contribution in [-0.2, 0) is 6.18 Å². The largest absolute Gasteiger partial charge is 0.417 e. The number of nitriles is 1. The molecule has 1 unspecified atom stereocenters. The Morgan fingerprint density at radius 3 is 2.68 bits per heavy atom.